The van der Waals surface area contributed by atoms with Crippen LogP contribution < -0.4 is 10.3 Å². The van der Waals surface area contributed by atoms with Crippen LogP contribution in [0.3, 0.4) is 0 Å². The van der Waals surface area contributed by atoms with Crippen molar-refractivity contribution < 1.29 is 9.84 Å². The van der Waals surface area contributed by atoms with Gasteiger partial charge in [-0.15, -0.1) is 0 Å². The molecule has 0 bridgehead atoms. The van der Waals surface area contributed by atoms with Gasteiger partial charge >= 0.3 is 0 Å². The van der Waals surface area contributed by atoms with Gasteiger partial charge in [0, 0.05) is 24.4 Å². The molecule has 0 spiro atoms. The highest BCUT2D eigenvalue weighted by Crippen LogP contribution is 2.36. The number of fused-ring (bicyclic) bond motifs is 1. The second-order valence-electron chi connectivity index (χ2n) is 6.98. The lowest BCUT2D eigenvalue weighted by molar-refractivity contribution is 0.157. The lowest BCUT2D eigenvalue weighted by Gasteiger charge is -2.31. The first-order chi connectivity index (χ1) is 12.4. The average molecular weight is 350 g/mol. The first kappa shape index (κ1) is 18.0. The molecule has 134 valence electrons. The van der Waals surface area contributed by atoms with Crippen LogP contribution in [0.25, 0.3) is 5.70 Å². The minimum absolute atomic E-state index is 0.122. The number of rotatable bonds is 5. The number of ether oxygens (including phenoxy) is 1. The average Bonchev–Trinajstić information content (AvgIpc) is 2.60. The number of nitrogens with zero attached hydrogens (tertiary/aromatic N) is 2. The molecule has 1 aliphatic heterocycles. The first-order valence-electron chi connectivity index (χ1n) is 8.73. The van der Waals surface area contributed by atoms with Gasteiger partial charge in [-0.2, -0.15) is 5.26 Å². The third-order valence-electron chi connectivity index (χ3n) is 4.36. The number of aryl methyl sites for hydroxylation is 1. The van der Waals surface area contributed by atoms with Crippen molar-refractivity contribution in [3.8, 4) is 11.8 Å². The number of aliphatic hydroxyl groups excluding tert-OH is 1. The molecule has 1 N–H and O–H groups in total. The quantitative estimate of drug-likeness (QED) is 0.841. The van der Waals surface area contributed by atoms with E-state index in [0.29, 0.717) is 11.3 Å². The van der Waals surface area contributed by atoms with Crippen LogP contribution in [0, 0.1) is 11.3 Å². The van der Waals surface area contributed by atoms with E-state index in [2.05, 4.69) is 6.07 Å². The van der Waals surface area contributed by atoms with Crippen LogP contribution in [0.2, 0.25) is 0 Å². The largest absolute Gasteiger partial charge is 0.483 e. The van der Waals surface area contributed by atoms with Crippen molar-refractivity contribution in [2.24, 2.45) is 0 Å². The maximum absolute atomic E-state index is 12.7. The fourth-order valence-corrected chi connectivity index (χ4v) is 3.12. The van der Waals surface area contributed by atoms with E-state index in [1.165, 1.54) is 0 Å². The molecule has 0 unspecified atom stereocenters. The molecule has 1 aliphatic rings. The fraction of sp³-hybridized carbons (Fsp3) is 0.333. The molecule has 26 heavy (non-hydrogen) atoms. The number of aromatic nitrogens is 1. The topological polar surface area (TPSA) is 75.3 Å². The van der Waals surface area contributed by atoms with Crippen LogP contribution in [0.4, 0.5) is 0 Å². The van der Waals surface area contributed by atoms with Crippen LogP contribution in [0.15, 0.2) is 47.4 Å². The van der Waals surface area contributed by atoms with E-state index in [-0.39, 0.29) is 12.2 Å². The zero-order valence-electron chi connectivity index (χ0n) is 15.0. The third-order valence-corrected chi connectivity index (χ3v) is 4.36. The number of benzene rings is 1. The Balaban J connectivity index is 2.04. The second-order valence-corrected chi connectivity index (χ2v) is 6.98. The Kier molecular flexibility index (Phi) is 4.97. The Labute approximate surface area is 152 Å². The predicted molar refractivity (Wildman–Crippen MR) is 100.0 cm³/mol. The molecule has 0 saturated carbocycles. The number of nitriles is 1. The predicted octanol–water partition coefficient (Wildman–Crippen LogP) is 3.10. The molecule has 1 aromatic carbocycles. The Morgan fingerprint density at radius 3 is 2.73 bits per heavy atom. The molecule has 5 heteroatoms. The van der Waals surface area contributed by atoms with Crippen molar-refractivity contribution in [1.82, 2.24) is 4.57 Å². The molecular formula is C21H22N2O3. The summed E-state index contributed by atoms with van der Waals surface area (Å²) in [6, 6.07) is 10.9. The molecule has 2 aromatic rings. The van der Waals surface area contributed by atoms with Gasteiger partial charge < -0.3 is 9.84 Å². The van der Waals surface area contributed by atoms with Crippen LogP contribution in [0.5, 0.6) is 5.75 Å². The summed E-state index contributed by atoms with van der Waals surface area (Å²) in [4.78, 5) is 12.7. The summed E-state index contributed by atoms with van der Waals surface area (Å²) in [5.74, 6) is 0.658. The van der Waals surface area contributed by atoms with Crippen molar-refractivity contribution in [2.75, 3.05) is 6.61 Å². The lowest BCUT2D eigenvalue weighted by Crippen LogP contribution is -2.32. The van der Waals surface area contributed by atoms with E-state index in [0.717, 1.165) is 36.1 Å². The van der Waals surface area contributed by atoms with Crippen molar-refractivity contribution in [1.29, 1.82) is 5.26 Å². The molecule has 5 nitrogen and oxygen atoms in total. The van der Waals surface area contributed by atoms with Gasteiger partial charge in [0.2, 0.25) is 0 Å². The van der Waals surface area contributed by atoms with E-state index in [1.807, 2.05) is 26.0 Å². The van der Waals surface area contributed by atoms with Gasteiger partial charge in [-0.3, -0.25) is 9.36 Å². The van der Waals surface area contributed by atoms with Gasteiger partial charge in [0.05, 0.1) is 17.3 Å². The highest BCUT2D eigenvalue weighted by atomic mass is 16.5. The molecule has 0 saturated heterocycles. The molecule has 0 fully saturated rings. The number of hydrogen-bond donors (Lipinski definition) is 1. The minimum atomic E-state index is -0.560. The van der Waals surface area contributed by atoms with E-state index in [9.17, 15) is 10.1 Å². The number of aliphatic hydroxyl groups is 1. The molecule has 0 radical (unpaired) electrons. The Bertz CT molecular complexity index is 948. The van der Waals surface area contributed by atoms with E-state index < -0.39 is 5.60 Å². The molecule has 3 rings (SSSR count). The highest BCUT2D eigenvalue weighted by molar-refractivity contribution is 5.74. The van der Waals surface area contributed by atoms with Gasteiger partial charge in [0.25, 0.3) is 5.56 Å². The standard InChI is InChI=1S/C21H22N2O3/c1-21(2)13-18(17-11-16(14-22)6-7-19(17)26-21)23-9-8-15(12-20(23)25)5-3-4-10-24/h6-9,11-13,24H,3-5,10H2,1-2H3. The van der Waals surface area contributed by atoms with Crippen molar-refractivity contribution >= 4 is 5.70 Å². The number of hydrogen-bond acceptors (Lipinski definition) is 4. The molecule has 0 aliphatic carbocycles. The van der Waals surface area contributed by atoms with Gasteiger partial charge in [-0.1, -0.05) is 0 Å². The molecule has 0 amide bonds. The highest BCUT2D eigenvalue weighted by Gasteiger charge is 2.28. The summed E-state index contributed by atoms with van der Waals surface area (Å²) in [5, 5.41) is 18.1. The van der Waals surface area contributed by atoms with Crippen molar-refractivity contribution in [3.05, 3.63) is 69.6 Å². The third kappa shape index (κ3) is 3.71. The minimum Gasteiger partial charge on any atom is -0.483 e. The molecular weight excluding hydrogens is 328 g/mol. The van der Waals surface area contributed by atoms with Crippen LogP contribution in [-0.4, -0.2) is 21.9 Å². The van der Waals surface area contributed by atoms with Gasteiger partial charge in [0.15, 0.2) is 0 Å². The van der Waals surface area contributed by atoms with Crippen LogP contribution in [-0.2, 0) is 6.42 Å². The molecule has 2 heterocycles. The van der Waals surface area contributed by atoms with E-state index >= 15 is 0 Å². The zero-order chi connectivity index (χ0) is 18.7. The Morgan fingerprint density at radius 2 is 2.04 bits per heavy atom. The van der Waals surface area contributed by atoms with E-state index in [4.69, 9.17) is 9.84 Å². The summed E-state index contributed by atoms with van der Waals surface area (Å²) in [7, 11) is 0. The molecule has 1 aromatic heterocycles. The number of pyridine rings is 1. The summed E-state index contributed by atoms with van der Waals surface area (Å²) in [6.45, 7) is 4.03. The monoisotopic (exact) mass is 350 g/mol. The summed E-state index contributed by atoms with van der Waals surface area (Å²) < 4.78 is 7.57. The molecule has 0 atom stereocenters. The van der Waals surface area contributed by atoms with E-state index in [1.54, 1.807) is 35.0 Å². The zero-order valence-corrected chi connectivity index (χ0v) is 15.0. The Morgan fingerprint density at radius 1 is 1.23 bits per heavy atom. The van der Waals surface area contributed by atoms with Crippen molar-refractivity contribution in [2.45, 2.75) is 38.7 Å². The normalized spacial score (nSPS) is 14.8. The smallest absolute Gasteiger partial charge is 0.255 e. The van der Waals surface area contributed by atoms with Gasteiger partial charge in [-0.05, 0) is 69.0 Å². The van der Waals surface area contributed by atoms with Crippen molar-refractivity contribution in [3.63, 3.8) is 0 Å². The summed E-state index contributed by atoms with van der Waals surface area (Å²) >= 11 is 0. The number of unbranched alkanes of at least 4 members (excludes halogenated alkanes) is 1. The maximum Gasteiger partial charge on any atom is 0.255 e. The fourth-order valence-electron chi connectivity index (χ4n) is 3.12. The SMILES string of the molecule is CC1(C)C=C(n2ccc(CCCCO)cc2=O)c2cc(C#N)ccc2O1. The summed E-state index contributed by atoms with van der Waals surface area (Å²) in [5.41, 5.74) is 2.25. The van der Waals surface area contributed by atoms with Crippen LogP contribution >= 0.6 is 0 Å². The van der Waals surface area contributed by atoms with Gasteiger partial charge in [0.1, 0.15) is 11.4 Å². The van der Waals surface area contributed by atoms with Gasteiger partial charge in [-0.25, -0.2) is 0 Å². The lowest BCUT2D eigenvalue weighted by atomic mass is 9.97. The maximum atomic E-state index is 12.7. The van der Waals surface area contributed by atoms with Crippen LogP contribution in [0.1, 0.15) is 43.4 Å². The summed E-state index contributed by atoms with van der Waals surface area (Å²) in [6.07, 6.45) is 6.01. The first-order valence-corrected chi connectivity index (χ1v) is 8.73. The second kappa shape index (κ2) is 7.19. The Hall–Kier alpha value is -2.84.